The Kier molecular flexibility index (Phi) is 6.12. The number of rotatable bonds is 5. The molecule has 2 nitrogen and oxygen atoms in total. The molecule has 0 aromatic heterocycles. The first-order valence-electron chi connectivity index (χ1n) is 4.21. The van der Waals surface area contributed by atoms with E-state index < -0.39 is 7.92 Å². The number of hydrogen-bond donors (Lipinski definition) is 2. The van der Waals surface area contributed by atoms with E-state index in [2.05, 4.69) is 6.92 Å². The van der Waals surface area contributed by atoms with E-state index in [1.54, 1.807) is 13.8 Å². The van der Waals surface area contributed by atoms with Crippen molar-refractivity contribution in [3.8, 4) is 0 Å². The highest BCUT2D eigenvalue weighted by Crippen LogP contribution is 2.44. The molecule has 0 saturated carbocycles. The number of aliphatic hydroxyl groups is 2. The fraction of sp³-hybridized carbons (Fsp3) is 1.00. The Morgan fingerprint density at radius 3 is 1.91 bits per heavy atom. The Morgan fingerprint density at radius 1 is 1.18 bits per heavy atom. The van der Waals surface area contributed by atoms with Crippen LogP contribution in [0, 0.1) is 0 Å². The van der Waals surface area contributed by atoms with Gasteiger partial charge < -0.3 is 10.2 Å². The van der Waals surface area contributed by atoms with Crippen LogP contribution in [0.1, 0.15) is 33.6 Å². The SMILES string of the molecule is CCCCP(C(C)O)C(C)O. The molecule has 0 radical (unpaired) electrons. The van der Waals surface area contributed by atoms with Crippen molar-refractivity contribution < 1.29 is 10.2 Å². The quantitative estimate of drug-likeness (QED) is 0.631. The topological polar surface area (TPSA) is 40.5 Å². The molecule has 2 atom stereocenters. The zero-order chi connectivity index (χ0) is 8.85. The summed E-state index contributed by atoms with van der Waals surface area (Å²) < 4.78 is 0. The Morgan fingerprint density at radius 2 is 1.64 bits per heavy atom. The first-order valence-corrected chi connectivity index (χ1v) is 5.88. The molecule has 0 aliphatic carbocycles. The first-order chi connectivity index (χ1) is 5.09. The van der Waals surface area contributed by atoms with E-state index in [4.69, 9.17) is 0 Å². The summed E-state index contributed by atoms with van der Waals surface area (Å²) in [7, 11) is -0.573. The lowest BCUT2D eigenvalue weighted by Gasteiger charge is -2.22. The smallest absolute Gasteiger partial charge is 0.0727 e. The van der Waals surface area contributed by atoms with Gasteiger partial charge in [-0.3, -0.25) is 0 Å². The minimum atomic E-state index is -0.573. The molecule has 0 aliphatic rings. The maximum Gasteiger partial charge on any atom is 0.0727 e. The van der Waals surface area contributed by atoms with E-state index in [1.165, 1.54) is 0 Å². The molecular weight excluding hydrogens is 159 g/mol. The van der Waals surface area contributed by atoms with Crippen LogP contribution in [0.25, 0.3) is 0 Å². The largest absolute Gasteiger partial charge is 0.389 e. The lowest BCUT2D eigenvalue weighted by molar-refractivity contribution is 0.244. The molecule has 2 unspecified atom stereocenters. The molecule has 0 saturated heterocycles. The summed E-state index contributed by atoms with van der Waals surface area (Å²) in [6.07, 6.45) is 3.24. The summed E-state index contributed by atoms with van der Waals surface area (Å²) in [5.41, 5.74) is 0. The second-order valence-electron chi connectivity index (χ2n) is 2.86. The van der Waals surface area contributed by atoms with Gasteiger partial charge in [0.05, 0.1) is 11.7 Å². The number of aliphatic hydroxyl groups excluding tert-OH is 2. The molecule has 11 heavy (non-hydrogen) atoms. The molecule has 0 aromatic rings. The lowest BCUT2D eigenvalue weighted by atomic mass is 10.4. The predicted molar refractivity (Wildman–Crippen MR) is 50.1 cm³/mol. The third-order valence-electron chi connectivity index (χ3n) is 1.73. The number of unbranched alkanes of at least 4 members (excludes halogenated alkanes) is 1. The third-order valence-corrected chi connectivity index (χ3v) is 4.48. The van der Waals surface area contributed by atoms with Gasteiger partial charge in [0.1, 0.15) is 0 Å². The molecule has 0 rings (SSSR count). The zero-order valence-electron chi connectivity index (χ0n) is 7.62. The average Bonchev–Trinajstić information content (AvgIpc) is 1.87. The van der Waals surface area contributed by atoms with Crippen molar-refractivity contribution in [3.63, 3.8) is 0 Å². The van der Waals surface area contributed by atoms with Gasteiger partial charge in [-0.25, -0.2) is 0 Å². The maximum atomic E-state index is 9.28. The molecule has 0 fully saturated rings. The fourth-order valence-electron chi connectivity index (χ4n) is 1.03. The standard InChI is InChI=1S/C8H19O2P/c1-4-5-6-11(7(2)9)8(3)10/h7-10H,4-6H2,1-3H3. The van der Waals surface area contributed by atoms with Crippen molar-refractivity contribution in [1.82, 2.24) is 0 Å². The van der Waals surface area contributed by atoms with Gasteiger partial charge in [-0.15, -0.1) is 0 Å². The summed E-state index contributed by atoms with van der Waals surface area (Å²) in [5.74, 6) is -0.645. The molecule has 2 N–H and O–H groups in total. The lowest BCUT2D eigenvalue weighted by Crippen LogP contribution is -2.11. The van der Waals surface area contributed by atoms with Crippen molar-refractivity contribution in [2.75, 3.05) is 6.16 Å². The molecule has 0 spiro atoms. The van der Waals surface area contributed by atoms with Crippen LogP contribution in [-0.4, -0.2) is 28.1 Å². The molecule has 0 aliphatic heterocycles. The van der Waals surface area contributed by atoms with Crippen LogP contribution < -0.4 is 0 Å². The van der Waals surface area contributed by atoms with Gasteiger partial charge in [-0.05, 0) is 34.4 Å². The zero-order valence-corrected chi connectivity index (χ0v) is 8.51. The van der Waals surface area contributed by atoms with Crippen LogP contribution >= 0.6 is 7.92 Å². The second-order valence-corrected chi connectivity index (χ2v) is 5.83. The minimum absolute atomic E-state index is 0.323. The van der Waals surface area contributed by atoms with Crippen molar-refractivity contribution in [2.24, 2.45) is 0 Å². The average molecular weight is 178 g/mol. The van der Waals surface area contributed by atoms with E-state index in [-0.39, 0.29) is 11.7 Å². The van der Waals surface area contributed by atoms with Crippen molar-refractivity contribution in [1.29, 1.82) is 0 Å². The third kappa shape index (κ3) is 4.73. The first kappa shape index (κ1) is 11.4. The van der Waals surface area contributed by atoms with Gasteiger partial charge in [-0.2, -0.15) is 0 Å². The summed E-state index contributed by atoms with van der Waals surface area (Å²) in [6, 6.07) is 0. The Bertz CT molecular complexity index is 86.1. The van der Waals surface area contributed by atoms with E-state index >= 15 is 0 Å². The molecular formula is C8H19O2P. The molecule has 0 amide bonds. The Balaban J connectivity index is 3.70. The van der Waals surface area contributed by atoms with Gasteiger partial charge in [0.25, 0.3) is 0 Å². The highest BCUT2D eigenvalue weighted by atomic mass is 31.1. The number of hydrogen-bond acceptors (Lipinski definition) is 2. The highest BCUT2D eigenvalue weighted by Gasteiger charge is 2.18. The fourth-order valence-corrected chi connectivity index (χ4v) is 3.08. The van der Waals surface area contributed by atoms with Crippen LogP contribution in [-0.2, 0) is 0 Å². The minimum Gasteiger partial charge on any atom is -0.389 e. The Labute approximate surface area is 70.4 Å². The summed E-state index contributed by atoms with van der Waals surface area (Å²) in [6.45, 7) is 5.67. The van der Waals surface area contributed by atoms with Gasteiger partial charge in [0, 0.05) is 0 Å². The van der Waals surface area contributed by atoms with E-state index in [0.717, 1.165) is 19.0 Å². The van der Waals surface area contributed by atoms with E-state index in [1.807, 2.05) is 0 Å². The maximum absolute atomic E-state index is 9.28. The molecule has 0 bridgehead atoms. The molecule has 68 valence electrons. The molecule has 3 heteroatoms. The van der Waals surface area contributed by atoms with E-state index in [0.29, 0.717) is 0 Å². The van der Waals surface area contributed by atoms with Crippen LogP contribution in [0.15, 0.2) is 0 Å². The molecule has 0 heterocycles. The predicted octanol–water partition coefficient (Wildman–Crippen LogP) is 1.94. The van der Waals surface area contributed by atoms with Gasteiger partial charge in [0.2, 0.25) is 0 Å². The highest BCUT2D eigenvalue weighted by molar-refractivity contribution is 7.58. The second kappa shape index (κ2) is 5.93. The van der Waals surface area contributed by atoms with Gasteiger partial charge >= 0.3 is 0 Å². The Hall–Kier alpha value is 0.350. The van der Waals surface area contributed by atoms with Gasteiger partial charge in [-0.1, -0.05) is 13.3 Å². The normalized spacial score (nSPS) is 19.4. The van der Waals surface area contributed by atoms with Crippen LogP contribution in [0.5, 0.6) is 0 Å². The summed E-state index contributed by atoms with van der Waals surface area (Å²) in [4.78, 5) is 0. The van der Waals surface area contributed by atoms with Gasteiger partial charge in [0.15, 0.2) is 0 Å². The molecule has 0 aromatic carbocycles. The van der Waals surface area contributed by atoms with Crippen molar-refractivity contribution in [3.05, 3.63) is 0 Å². The van der Waals surface area contributed by atoms with E-state index in [9.17, 15) is 10.2 Å². The van der Waals surface area contributed by atoms with Crippen LogP contribution in [0.3, 0.4) is 0 Å². The van der Waals surface area contributed by atoms with Crippen LogP contribution in [0.4, 0.5) is 0 Å². The monoisotopic (exact) mass is 178 g/mol. The van der Waals surface area contributed by atoms with Crippen molar-refractivity contribution >= 4 is 7.92 Å². The van der Waals surface area contributed by atoms with Crippen molar-refractivity contribution in [2.45, 2.75) is 45.3 Å². The van der Waals surface area contributed by atoms with Crippen LogP contribution in [0.2, 0.25) is 0 Å². The summed E-state index contributed by atoms with van der Waals surface area (Å²) in [5, 5.41) is 18.6. The summed E-state index contributed by atoms with van der Waals surface area (Å²) >= 11 is 0.